The highest BCUT2D eigenvalue weighted by Crippen LogP contribution is 2.45. The monoisotopic (exact) mass is 504 g/mol. The van der Waals surface area contributed by atoms with Crippen LogP contribution in [0, 0.1) is 0 Å². The number of anilines is 2. The van der Waals surface area contributed by atoms with Crippen LogP contribution in [-0.4, -0.2) is 42.0 Å². The number of carbonyl (C=O) groups excluding carboxylic acids is 2. The van der Waals surface area contributed by atoms with E-state index < -0.39 is 43.2 Å². The number of halogens is 4. The third-order valence-corrected chi connectivity index (χ3v) is 5.54. The summed E-state index contributed by atoms with van der Waals surface area (Å²) in [5.41, 5.74) is 1.22. The molecule has 2 amide bonds. The molecule has 0 aliphatic carbocycles. The highest BCUT2D eigenvalue weighted by molar-refractivity contribution is 6.09. The lowest BCUT2D eigenvalue weighted by Crippen LogP contribution is -2.40. The highest BCUT2D eigenvalue weighted by atomic mass is 19.3. The number of nitrogens with one attached hydrogen (secondary N) is 1. The number of ether oxygens (including phenoxy) is 2. The number of fused-ring (bicyclic) bond motifs is 3. The maximum atomic E-state index is 13.5. The zero-order valence-corrected chi connectivity index (χ0v) is 19.0. The molecule has 1 aromatic carbocycles. The number of rotatable bonds is 7. The molecule has 1 N–H and O–H groups in total. The van der Waals surface area contributed by atoms with Crippen LogP contribution in [0.5, 0.6) is 11.8 Å². The summed E-state index contributed by atoms with van der Waals surface area (Å²) in [4.78, 5) is 35.8. The Labute approximate surface area is 202 Å². The van der Waals surface area contributed by atoms with E-state index in [2.05, 4.69) is 20.0 Å². The summed E-state index contributed by atoms with van der Waals surface area (Å²) >= 11 is 0. The van der Waals surface area contributed by atoms with E-state index in [0.717, 1.165) is 11.0 Å². The van der Waals surface area contributed by atoms with Crippen molar-refractivity contribution in [1.29, 1.82) is 0 Å². The minimum absolute atomic E-state index is 0.0595. The fraction of sp³-hybridized carbons (Fsp3) is 0.250. The number of nitrogens with zero attached hydrogens (tertiary/aromatic N) is 3. The van der Waals surface area contributed by atoms with Gasteiger partial charge in [0.1, 0.15) is 6.54 Å². The van der Waals surface area contributed by atoms with Crippen molar-refractivity contribution in [2.45, 2.75) is 25.9 Å². The highest BCUT2D eigenvalue weighted by Gasteiger charge is 2.36. The molecule has 188 valence electrons. The summed E-state index contributed by atoms with van der Waals surface area (Å²) in [6.07, 6.45) is -1.16. The van der Waals surface area contributed by atoms with Gasteiger partial charge >= 0.3 is 6.61 Å². The van der Waals surface area contributed by atoms with Gasteiger partial charge in [0.25, 0.3) is 6.43 Å². The largest absolute Gasteiger partial charge is 0.480 e. The summed E-state index contributed by atoms with van der Waals surface area (Å²) in [6, 6.07) is 9.39. The summed E-state index contributed by atoms with van der Waals surface area (Å²) in [7, 11) is 1.28. The van der Waals surface area contributed by atoms with E-state index in [9.17, 15) is 27.2 Å². The van der Waals surface area contributed by atoms with Gasteiger partial charge in [0.2, 0.25) is 23.6 Å². The zero-order valence-electron chi connectivity index (χ0n) is 19.0. The van der Waals surface area contributed by atoms with Crippen LogP contribution < -0.4 is 19.7 Å². The van der Waals surface area contributed by atoms with Crippen LogP contribution >= 0.6 is 0 Å². The van der Waals surface area contributed by atoms with Crippen LogP contribution in [0.4, 0.5) is 28.9 Å². The molecule has 1 aliphatic heterocycles. The molecule has 12 heteroatoms. The van der Waals surface area contributed by atoms with Gasteiger partial charge in [-0.05, 0) is 25.1 Å². The molecule has 0 unspecified atom stereocenters. The maximum Gasteiger partial charge on any atom is 0.388 e. The number of pyridine rings is 2. The van der Waals surface area contributed by atoms with Crippen molar-refractivity contribution < 1.29 is 36.6 Å². The molecule has 3 aromatic rings. The van der Waals surface area contributed by atoms with Crippen LogP contribution in [0.3, 0.4) is 0 Å². The SMILES string of the molecule is COc1nc(OC(F)F)cc2c1-c1cccnc1[C@H](C)C(=O)N2CC(=O)Nc1ccc(C(F)F)cc1. The van der Waals surface area contributed by atoms with Crippen molar-refractivity contribution in [3.8, 4) is 22.9 Å². The molecule has 8 nitrogen and oxygen atoms in total. The molecule has 0 fully saturated rings. The molecule has 0 radical (unpaired) electrons. The van der Waals surface area contributed by atoms with Crippen molar-refractivity contribution in [2.75, 3.05) is 23.9 Å². The van der Waals surface area contributed by atoms with Crippen molar-refractivity contribution in [2.24, 2.45) is 0 Å². The van der Waals surface area contributed by atoms with Crippen LogP contribution in [0.1, 0.15) is 30.5 Å². The van der Waals surface area contributed by atoms with Crippen molar-refractivity contribution >= 4 is 23.2 Å². The fourth-order valence-electron chi connectivity index (χ4n) is 3.91. The Kier molecular flexibility index (Phi) is 7.04. The zero-order chi connectivity index (χ0) is 26.0. The second kappa shape index (κ2) is 10.2. The molecule has 0 saturated heterocycles. The van der Waals surface area contributed by atoms with Gasteiger partial charge in [0, 0.05) is 29.1 Å². The second-order valence-corrected chi connectivity index (χ2v) is 7.80. The Balaban J connectivity index is 1.76. The third kappa shape index (κ3) is 4.92. The molecule has 0 bridgehead atoms. The lowest BCUT2D eigenvalue weighted by atomic mass is 9.98. The van der Waals surface area contributed by atoms with Gasteiger partial charge in [-0.25, -0.2) is 8.78 Å². The van der Waals surface area contributed by atoms with E-state index in [1.54, 1.807) is 19.1 Å². The number of alkyl halides is 4. The van der Waals surface area contributed by atoms with Crippen LogP contribution in [0.25, 0.3) is 11.1 Å². The van der Waals surface area contributed by atoms with Crippen LogP contribution in [0.2, 0.25) is 0 Å². The first-order valence-electron chi connectivity index (χ1n) is 10.7. The standard InChI is InChI=1S/C24H20F4N4O4/c1-12-20-15(4-3-9-29-20)19-16(10-18(36-24(27)28)31-22(19)35-2)32(23(12)34)11-17(33)30-14-7-5-13(6-8-14)21(25)26/h3-10,12,21,24H,11H2,1-2H3,(H,30,33)/t12-/m0/s1. The van der Waals surface area contributed by atoms with Crippen molar-refractivity contribution in [3.05, 3.63) is 59.9 Å². The quantitative estimate of drug-likeness (QED) is 0.466. The fourth-order valence-corrected chi connectivity index (χ4v) is 3.91. The number of amides is 2. The van der Waals surface area contributed by atoms with Gasteiger partial charge in [-0.2, -0.15) is 13.8 Å². The van der Waals surface area contributed by atoms with Crippen LogP contribution in [0.15, 0.2) is 48.7 Å². The molecule has 0 spiro atoms. The van der Waals surface area contributed by atoms with Gasteiger partial charge in [0.15, 0.2) is 0 Å². The van der Waals surface area contributed by atoms with E-state index in [1.165, 1.54) is 37.6 Å². The molecule has 0 saturated carbocycles. The molecule has 3 heterocycles. The van der Waals surface area contributed by atoms with Gasteiger partial charge < -0.3 is 19.7 Å². The first kappa shape index (κ1) is 24.9. The number of carbonyl (C=O) groups is 2. The number of methoxy groups -OCH3 is 1. The summed E-state index contributed by atoms with van der Waals surface area (Å²) < 4.78 is 61.3. The van der Waals surface area contributed by atoms with E-state index in [-0.39, 0.29) is 28.4 Å². The van der Waals surface area contributed by atoms with Crippen molar-refractivity contribution in [3.63, 3.8) is 0 Å². The predicted molar refractivity (Wildman–Crippen MR) is 121 cm³/mol. The molecule has 36 heavy (non-hydrogen) atoms. The normalized spacial score (nSPS) is 14.8. The van der Waals surface area contributed by atoms with E-state index in [4.69, 9.17) is 4.74 Å². The van der Waals surface area contributed by atoms with E-state index in [0.29, 0.717) is 11.3 Å². The average molecular weight is 504 g/mol. The first-order chi connectivity index (χ1) is 17.2. The smallest absolute Gasteiger partial charge is 0.388 e. The first-order valence-corrected chi connectivity index (χ1v) is 10.7. The Bertz CT molecular complexity index is 1290. The topological polar surface area (TPSA) is 93.7 Å². The van der Waals surface area contributed by atoms with Crippen LogP contribution in [-0.2, 0) is 9.59 Å². The number of hydrogen-bond donors (Lipinski definition) is 1. The molecular weight excluding hydrogens is 484 g/mol. The Hall–Kier alpha value is -4.22. The van der Waals surface area contributed by atoms with Crippen molar-refractivity contribution in [1.82, 2.24) is 9.97 Å². The second-order valence-electron chi connectivity index (χ2n) is 7.80. The maximum absolute atomic E-state index is 13.5. The minimum Gasteiger partial charge on any atom is -0.480 e. The van der Waals surface area contributed by atoms with Gasteiger partial charge in [0.05, 0.1) is 30.0 Å². The molecular formula is C24H20F4N4O4. The molecule has 2 aromatic heterocycles. The predicted octanol–water partition coefficient (Wildman–Crippen LogP) is 4.78. The van der Waals surface area contributed by atoms with Gasteiger partial charge in [-0.3, -0.25) is 14.6 Å². The lowest BCUT2D eigenvalue weighted by molar-refractivity contribution is -0.122. The average Bonchev–Trinajstić information content (AvgIpc) is 2.93. The van der Waals surface area contributed by atoms with E-state index in [1.807, 2.05) is 0 Å². The number of benzene rings is 1. The summed E-state index contributed by atoms with van der Waals surface area (Å²) in [5, 5.41) is 2.55. The van der Waals surface area contributed by atoms with E-state index >= 15 is 0 Å². The molecule has 4 rings (SSSR count). The lowest BCUT2D eigenvalue weighted by Gasteiger charge is -2.25. The Morgan fingerprint density at radius 2 is 1.89 bits per heavy atom. The van der Waals surface area contributed by atoms with Gasteiger partial charge in [-0.15, -0.1) is 0 Å². The third-order valence-electron chi connectivity index (χ3n) is 5.54. The molecule has 1 aliphatic rings. The summed E-state index contributed by atoms with van der Waals surface area (Å²) in [6.45, 7) is -2.12. The van der Waals surface area contributed by atoms with Gasteiger partial charge in [-0.1, -0.05) is 18.2 Å². The summed E-state index contributed by atoms with van der Waals surface area (Å²) in [5.74, 6) is -2.62. The Morgan fingerprint density at radius 1 is 1.17 bits per heavy atom. The number of aromatic nitrogens is 2. The Morgan fingerprint density at radius 3 is 2.53 bits per heavy atom. The number of hydrogen-bond acceptors (Lipinski definition) is 6. The minimum atomic E-state index is -3.19. The molecule has 1 atom stereocenters.